The maximum atomic E-state index is 13.6. The summed E-state index contributed by atoms with van der Waals surface area (Å²) in [6.07, 6.45) is 0. The van der Waals surface area contributed by atoms with Gasteiger partial charge in [0.2, 0.25) is 0 Å². The Balaban J connectivity index is 1.62. The Kier molecular flexibility index (Phi) is 4.53. The summed E-state index contributed by atoms with van der Waals surface area (Å²) in [7, 11) is 1.99. The Morgan fingerprint density at radius 1 is 1.10 bits per heavy atom. The Morgan fingerprint density at radius 2 is 1.90 bits per heavy atom. The van der Waals surface area contributed by atoms with Crippen molar-refractivity contribution < 1.29 is 4.79 Å². The normalized spacial score (nSPS) is 13.2. The summed E-state index contributed by atoms with van der Waals surface area (Å²) in [5.74, 6) is -0.261. The van der Waals surface area contributed by atoms with Gasteiger partial charge in [0.05, 0.1) is 16.8 Å². The van der Waals surface area contributed by atoms with E-state index in [0.29, 0.717) is 28.7 Å². The lowest BCUT2D eigenvalue weighted by molar-refractivity contribution is 0.0983. The highest BCUT2D eigenvalue weighted by Crippen LogP contribution is 2.38. The Bertz CT molecular complexity index is 1430. The molecule has 0 radical (unpaired) electrons. The maximum Gasteiger partial charge on any atom is 0.279 e. The number of thiophene rings is 1. The molecule has 0 spiro atoms. The number of nitrogens with one attached hydrogen (secondary N) is 1. The van der Waals surface area contributed by atoms with Crippen LogP contribution in [0.25, 0.3) is 21.2 Å². The van der Waals surface area contributed by atoms with Crippen LogP contribution in [-0.2, 0) is 0 Å². The van der Waals surface area contributed by atoms with Crippen molar-refractivity contribution in [1.82, 2.24) is 10.2 Å². The van der Waals surface area contributed by atoms with Gasteiger partial charge in [0.25, 0.3) is 11.5 Å². The van der Waals surface area contributed by atoms with E-state index in [1.165, 1.54) is 11.3 Å². The molecule has 31 heavy (non-hydrogen) atoms. The van der Waals surface area contributed by atoms with Crippen molar-refractivity contribution in [1.29, 1.82) is 5.26 Å². The maximum absolute atomic E-state index is 13.6. The average molecular weight is 427 g/mol. The quantitative estimate of drug-likeness (QED) is 0.527. The second-order valence-corrected chi connectivity index (χ2v) is 8.39. The molecule has 7 nitrogen and oxygen atoms in total. The van der Waals surface area contributed by atoms with Gasteiger partial charge < -0.3 is 9.80 Å². The molecule has 0 unspecified atom stereocenters. The van der Waals surface area contributed by atoms with Crippen molar-refractivity contribution in [3.8, 4) is 16.5 Å². The SMILES string of the molecule is CN1CCN(C(=O)c2n[nH]c(=O)c3ccccc23)c2cc(-c3ccc(C#N)s3)ccc21. The van der Waals surface area contributed by atoms with Crippen molar-refractivity contribution in [2.45, 2.75) is 0 Å². The summed E-state index contributed by atoms with van der Waals surface area (Å²) in [4.78, 5) is 31.1. The molecule has 2 aromatic heterocycles. The Hall–Kier alpha value is -3.96. The standard InChI is InChI=1S/C23H17N5O2S/c1-27-10-11-28(23(30)21-16-4-2-3-5-17(16)22(29)26-25-21)19-12-14(6-8-18(19)27)20-9-7-15(13-24)31-20/h2-9,12H,10-11H2,1H3,(H,26,29). The second-order valence-electron chi connectivity index (χ2n) is 7.30. The molecule has 0 fully saturated rings. The summed E-state index contributed by atoms with van der Waals surface area (Å²) in [6, 6.07) is 18.8. The summed E-state index contributed by atoms with van der Waals surface area (Å²) < 4.78 is 0. The fourth-order valence-electron chi connectivity index (χ4n) is 3.88. The highest BCUT2D eigenvalue weighted by molar-refractivity contribution is 7.16. The fourth-order valence-corrected chi connectivity index (χ4v) is 4.68. The third-order valence-corrected chi connectivity index (χ3v) is 6.52. The van der Waals surface area contributed by atoms with Crippen LogP contribution in [0.5, 0.6) is 0 Å². The number of carbonyl (C=O) groups is 1. The van der Waals surface area contributed by atoms with Gasteiger partial charge in [0.15, 0.2) is 5.69 Å². The number of aromatic nitrogens is 2. The highest BCUT2D eigenvalue weighted by atomic mass is 32.1. The zero-order valence-corrected chi connectivity index (χ0v) is 17.4. The van der Waals surface area contributed by atoms with Gasteiger partial charge in [0.1, 0.15) is 10.9 Å². The number of H-pyrrole nitrogens is 1. The van der Waals surface area contributed by atoms with Crippen LogP contribution in [0.2, 0.25) is 0 Å². The monoisotopic (exact) mass is 427 g/mol. The van der Waals surface area contributed by atoms with Crippen LogP contribution in [0.15, 0.2) is 59.4 Å². The van der Waals surface area contributed by atoms with E-state index in [2.05, 4.69) is 21.2 Å². The number of hydrogen-bond acceptors (Lipinski definition) is 6. The van der Waals surface area contributed by atoms with Crippen LogP contribution in [0.3, 0.4) is 0 Å². The molecule has 152 valence electrons. The molecule has 1 aliphatic rings. The molecule has 8 heteroatoms. The largest absolute Gasteiger partial charge is 0.371 e. The molecule has 5 rings (SSSR count). The third kappa shape index (κ3) is 3.16. The number of likely N-dealkylation sites (N-methyl/N-ethyl adjacent to an activating group) is 1. The van der Waals surface area contributed by atoms with Crippen LogP contribution in [0.4, 0.5) is 11.4 Å². The van der Waals surface area contributed by atoms with Crippen LogP contribution >= 0.6 is 11.3 Å². The van der Waals surface area contributed by atoms with E-state index in [1.54, 1.807) is 35.2 Å². The zero-order valence-electron chi connectivity index (χ0n) is 16.6. The third-order valence-electron chi connectivity index (χ3n) is 5.48. The van der Waals surface area contributed by atoms with E-state index in [9.17, 15) is 9.59 Å². The van der Waals surface area contributed by atoms with Crippen molar-refractivity contribution in [3.05, 3.63) is 75.5 Å². The van der Waals surface area contributed by atoms with Gasteiger partial charge in [-0.05, 0) is 35.9 Å². The van der Waals surface area contributed by atoms with Gasteiger partial charge in [0, 0.05) is 30.4 Å². The van der Waals surface area contributed by atoms with Crippen molar-refractivity contribution in [3.63, 3.8) is 0 Å². The molecule has 0 saturated heterocycles. The number of fused-ring (bicyclic) bond motifs is 2. The van der Waals surface area contributed by atoms with Crippen molar-refractivity contribution in [2.24, 2.45) is 0 Å². The van der Waals surface area contributed by atoms with Crippen LogP contribution in [0.1, 0.15) is 15.4 Å². The summed E-state index contributed by atoms with van der Waals surface area (Å²) in [5, 5.41) is 16.7. The second kappa shape index (κ2) is 7.38. The first kappa shape index (κ1) is 19.0. The lowest BCUT2D eigenvalue weighted by atomic mass is 10.1. The molecule has 3 heterocycles. The molecule has 0 aliphatic carbocycles. The van der Waals surface area contributed by atoms with Crippen LogP contribution in [-0.4, -0.2) is 36.2 Å². The predicted molar refractivity (Wildman–Crippen MR) is 122 cm³/mol. The van der Waals surface area contributed by atoms with Crippen molar-refractivity contribution >= 4 is 39.4 Å². The lowest BCUT2D eigenvalue weighted by Gasteiger charge is -2.36. The number of aromatic amines is 1. The van der Waals surface area contributed by atoms with Crippen LogP contribution in [0, 0.1) is 11.3 Å². The molecule has 0 bridgehead atoms. The van der Waals surface area contributed by atoms with E-state index in [0.717, 1.165) is 21.8 Å². The molecule has 0 atom stereocenters. The number of amides is 1. The number of nitrogens with zero attached hydrogens (tertiary/aromatic N) is 4. The van der Waals surface area contributed by atoms with Gasteiger partial charge in [-0.3, -0.25) is 9.59 Å². The van der Waals surface area contributed by atoms with E-state index < -0.39 is 0 Å². The molecular formula is C23H17N5O2S. The number of carbonyl (C=O) groups excluding carboxylic acids is 1. The molecule has 1 N–H and O–H groups in total. The minimum absolute atomic E-state index is 0.221. The van der Waals surface area contributed by atoms with Crippen LogP contribution < -0.4 is 15.4 Å². The zero-order chi connectivity index (χ0) is 21.5. The van der Waals surface area contributed by atoms with E-state index in [4.69, 9.17) is 5.26 Å². The average Bonchev–Trinajstić information content (AvgIpc) is 3.29. The Morgan fingerprint density at radius 3 is 2.68 bits per heavy atom. The van der Waals surface area contributed by atoms with Gasteiger partial charge in [-0.1, -0.05) is 24.3 Å². The summed E-state index contributed by atoms with van der Waals surface area (Å²) in [6.45, 7) is 1.17. The van der Waals surface area contributed by atoms with E-state index in [-0.39, 0.29) is 17.2 Å². The first-order valence-corrected chi connectivity index (χ1v) is 10.5. The Labute approximate surface area is 181 Å². The fraction of sp³-hybridized carbons (Fsp3) is 0.130. The van der Waals surface area contributed by atoms with Gasteiger partial charge in [-0.25, -0.2) is 5.10 Å². The molecule has 1 aliphatic heterocycles. The van der Waals surface area contributed by atoms with Gasteiger partial charge >= 0.3 is 0 Å². The number of rotatable bonds is 2. The number of hydrogen-bond donors (Lipinski definition) is 1. The van der Waals surface area contributed by atoms with Crippen molar-refractivity contribution in [2.75, 3.05) is 29.9 Å². The molecule has 1 amide bonds. The molecule has 2 aromatic carbocycles. The highest BCUT2D eigenvalue weighted by Gasteiger charge is 2.29. The minimum Gasteiger partial charge on any atom is -0.371 e. The lowest BCUT2D eigenvalue weighted by Crippen LogP contribution is -2.43. The minimum atomic E-state index is -0.320. The predicted octanol–water partition coefficient (Wildman–Crippen LogP) is 3.62. The molecule has 4 aromatic rings. The first-order chi connectivity index (χ1) is 15.1. The topological polar surface area (TPSA) is 93.1 Å². The van der Waals surface area contributed by atoms with Gasteiger partial charge in [-0.2, -0.15) is 10.4 Å². The van der Waals surface area contributed by atoms with E-state index in [1.807, 2.05) is 31.3 Å². The van der Waals surface area contributed by atoms with E-state index >= 15 is 0 Å². The summed E-state index contributed by atoms with van der Waals surface area (Å²) >= 11 is 1.42. The smallest absolute Gasteiger partial charge is 0.279 e. The molecule has 0 saturated carbocycles. The number of benzene rings is 2. The van der Waals surface area contributed by atoms with Gasteiger partial charge in [-0.15, -0.1) is 11.3 Å². The first-order valence-electron chi connectivity index (χ1n) is 9.71. The summed E-state index contributed by atoms with van der Waals surface area (Å²) in [5.41, 5.74) is 2.56. The number of anilines is 2. The number of nitriles is 1. The molecular weight excluding hydrogens is 410 g/mol.